The summed E-state index contributed by atoms with van der Waals surface area (Å²) in [7, 11) is 0. The highest BCUT2D eigenvalue weighted by Gasteiger charge is 2.22. The molecule has 2 rings (SSSR count). The summed E-state index contributed by atoms with van der Waals surface area (Å²) in [6.45, 7) is 2.18. The van der Waals surface area contributed by atoms with Crippen LogP contribution in [0.25, 0.3) is 0 Å². The van der Waals surface area contributed by atoms with Crippen LogP contribution in [0.4, 0.5) is 4.39 Å². The van der Waals surface area contributed by atoms with Crippen molar-refractivity contribution < 1.29 is 14.3 Å². The molecule has 0 aromatic heterocycles. The Morgan fingerprint density at radius 2 is 2.32 bits per heavy atom. The first-order chi connectivity index (χ1) is 9.04. The van der Waals surface area contributed by atoms with Gasteiger partial charge in [-0.3, -0.25) is 9.69 Å². The Bertz CT molecular complexity index is 467. The second kappa shape index (κ2) is 6.48. The highest BCUT2D eigenvalue weighted by Crippen LogP contribution is 2.23. The number of carbonyl (C=O) groups is 1. The predicted octanol–water partition coefficient (Wildman–Crippen LogP) is 3.27. The van der Waals surface area contributed by atoms with E-state index < -0.39 is 5.97 Å². The summed E-state index contributed by atoms with van der Waals surface area (Å²) in [5.41, 5.74) is 0.658. The summed E-state index contributed by atoms with van der Waals surface area (Å²) >= 11 is 3.34. The van der Waals surface area contributed by atoms with E-state index in [9.17, 15) is 9.18 Å². The van der Waals surface area contributed by atoms with Crippen LogP contribution in [0.1, 0.15) is 24.8 Å². The van der Waals surface area contributed by atoms with E-state index >= 15 is 0 Å². The van der Waals surface area contributed by atoms with E-state index in [4.69, 9.17) is 5.11 Å². The lowest BCUT2D eigenvalue weighted by Gasteiger charge is -2.32. The Hall–Kier alpha value is -0.940. The number of halogens is 2. The van der Waals surface area contributed by atoms with Crippen molar-refractivity contribution in [2.75, 3.05) is 13.1 Å². The van der Waals surface area contributed by atoms with Gasteiger partial charge in [0.15, 0.2) is 0 Å². The standard InChI is InChI=1S/C14H17BrFNO2/c15-12-3-4-13(16)11(7-12)9-17-5-1-2-10(8-17)6-14(18)19/h3-4,7,10H,1-2,5-6,8-9H2,(H,18,19). The summed E-state index contributed by atoms with van der Waals surface area (Å²) in [5, 5.41) is 8.84. The average molecular weight is 330 g/mol. The molecule has 1 aromatic rings. The lowest BCUT2D eigenvalue weighted by atomic mass is 9.94. The van der Waals surface area contributed by atoms with E-state index in [1.54, 1.807) is 12.1 Å². The van der Waals surface area contributed by atoms with Gasteiger partial charge in [0.25, 0.3) is 0 Å². The third-order valence-corrected chi connectivity index (χ3v) is 3.96. The largest absolute Gasteiger partial charge is 0.481 e. The van der Waals surface area contributed by atoms with E-state index in [1.165, 1.54) is 6.07 Å². The molecule has 1 atom stereocenters. The summed E-state index contributed by atoms with van der Waals surface area (Å²) in [5.74, 6) is -0.773. The average Bonchev–Trinajstić information content (AvgIpc) is 2.33. The van der Waals surface area contributed by atoms with Crippen molar-refractivity contribution in [3.05, 3.63) is 34.1 Å². The lowest BCUT2D eigenvalue weighted by molar-refractivity contribution is -0.138. The molecule has 5 heteroatoms. The topological polar surface area (TPSA) is 40.5 Å². The summed E-state index contributed by atoms with van der Waals surface area (Å²) in [4.78, 5) is 12.9. The molecule has 0 amide bonds. The molecule has 1 saturated heterocycles. The molecule has 1 aromatic carbocycles. The Kier molecular flexibility index (Phi) is 4.93. The molecule has 1 aliphatic rings. The first-order valence-corrected chi connectivity index (χ1v) is 7.22. The number of aliphatic carboxylic acids is 1. The molecule has 104 valence electrons. The van der Waals surface area contributed by atoms with E-state index in [1.807, 2.05) is 0 Å². The molecule has 0 radical (unpaired) electrons. The van der Waals surface area contributed by atoms with Crippen molar-refractivity contribution in [3.8, 4) is 0 Å². The van der Waals surface area contributed by atoms with Crippen LogP contribution in [0.5, 0.6) is 0 Å². The van der Waals surface area contributed by atoms with Crippen molar-refractivity contribution >= 4 is 21.9 Å². The zero-order chi connectivity index (χ0) is 13.8. The summed E-state index contributed by atoms with van der Waals surface area (Å²) < 4.78 is 14.6. The number of likely N-dealkylation sites (tertiary alicyclic amines) is 1. The second-order valence-corrected chi connectivity index (χ2v) is 5.99. The minimum Gasteiger partial charge on any atom is -0.481 e. The van der Waals surface area contributed by atoms with E-state index in [-0.39, 0.29) is 18.2 Å². The number of benzene rings is 1. The zero-order valence-corrected chi connectivity index (χ0v) is 12.2. The van der Waals surface area contributed by atoms with Crippen LogP contribution in [0, 0.1) is 11.7 Å². The van der Waals surface area contributed by atoms with Crippen LogP contribution in [0.15, 0.2) is 22.7 Å². The van der Waals surface area contributed by atoms with Gasteiger partial charge < -0.3 is 5.11 Å². The Morgan fingerprint density at radius 3 is 3.05 bits per heavy atom. The number of hydrogen-bond donors (Lipinski definition) is 1. The maximum Gasteiger partial charge on any atom is 0.303 e. The van der Waals surface area contributed by atoms with Gasteiger partial charge in [0.1, 0.15) is 5.82 Å². The van der Waals surface area contributed by atoms with Crippen LogP contribution < -0.4 is 0 Å². The summed E-state index contributed by atoms with van der Waals surface area (Å²) in [6, 6.07) is 4.93. The molecular formula is C14H17BrFNO2. The molecule has 0 spiro atoms. The van der Waals surface area contributed by atoms with Crippen LogP contribution in [0.2, 0.25) is 0 Å². The molecule has 0 saturated carbocycles. The van der Waals surface area contributed by atoms with E-state index in [0.29, 0.717) is 12.1 Å². The van der Waals surface area contributed by atoms with Gasteiger partial charge in [-0.15, -0.1) is 0 Å². The fraction of sp³-hybridized carbons (Fsp3) is 0.500. The van der Waals surface area contributed by atoms with Crippen molar-refractivity contribution in [2.24, 2.45) is 5.92 Å². The quantitative estimate of drug-likeness (QED) is 0.921. The van der Waals surface area contributed by atoms with Crippen molar-refractivity contribution in [1.82, 2.24) is 4.90 Å². The molecule has 1 heterocycles. The van der Waals surface area contributed by atoms with Gasteiger partial charge in [0.05, 0.1) is 0 Å². The smallest absolute Gasteiger partial charge is 0.303 e. The van der Waals surface area contributed by atoms with Crippen LogP contribution in [-0.4, -0.2) is 29.1 Å². The number of nitrogens with zero attached hydrogens (tertiary/aromatic N) is 1. The van der Waals surface area contributed by atoms with Crippen LogP contribution in [0.3, 0.4) is 0 Å². The molecule has 1 fully saturated rings. The molecule has 1 aliphatic heterocycles. The van der Waals surface area contributed by atoms with Gasteiger partial charge in [0, 0.05) is 29.5 Å². The monoisotopic (exact) mass is 329 g/mol. The normalized spacial score (nSPS) is 20.4. The molecular weight excluding hydrogens is 313 g/mol. The fourth-order valence-corrected chi connectivity index (χ4v) is 3.02. The Labute approximate surface area is 120 Å². The van der Waals surface area contributed by atoms with Crippen molar-refractivity contribution in [1.29, 1.82) is 0 Å². The lowest BCUT2D eigenvalue weighted by Crippen LogP contribution is -2.36. The minimum absolute atomic E-state index is 0.182. The molecule has 3 nitrogen and oxygen atoms in total. The first kappa shape index (κ1) is 14.5. The van der Waals surface area contributed by atoms with Gasteiger partial charge >= 0.3 is 5.97 Å². The molecule has 0 bridgehead atoms. The number of carboxylic acid groups (broad SMARTS) is 1. The number of carboxylic acids is 1. The minimum atomic E-state index is -0.750. The second-order valence-electron chi connectivity index (χ2n) is 5.08. The third kappa shape index (κ3) is 4.28. The van der Waals surface area contributed by atoms with Crippen LogP contribution in [-0.2, 0) is 11.3 Å². The molecule has 0 aliphatic carbocycles. The van der Waals surface area contributed by atoms with Gasteiger partial charge in [-0.25, -0.2) is 4.39 Å². The van der Waals surface area contributed by atoms with Gasteiger partial charge in [0.2, 0.25) is 0 Å². The van der Waals surface area contributed by atoms with Gasteiger partial charge in [-0.05, 0) is 43.5 Å². The predicted molar refractivity (Wildman–Crippen MR) is 74.4 cm³/mol. The Morgan fingerprint density at radius 1 is 1.53 bits per heavy atom. The third-order valence-electron chi connectivity index (χ3n) is 3.47. The first-order valence-electron chi connectivity index (χ1n) is 6.42. The summed E-state index contributed by atoms with van der Waals surface area (Å²) in [6.07, 6.45) is 2.13. The number of rotatable bonds is 4. The van der Waals surface area contributed by atoms with Crippen molar-refractivity contribution in [2.45, 2.75) is 25.8 Å². The molecule has 1 N–H and O–H groups in total. The molecule has 1 unspecified atom stereocenters. The maximum absolute atomic E-state index is 13.7. The highest BCUT2D eigenvalue weighted by atomic mass is 79.9. The van der Waals surface area contributed by atoms with Gasteiger partial charge in [-0.2, -0.15) is 0 Å². The van der Waals surface area contributed by atoms with Crippen LogP contribution >= 0.6 is 15.9 Å². The zero-order valence-electron chi connectivity index (χ0n) is 10.6. The van der Waals surface area contributed by atoms with Gasteiger partial charge in [-0.1, -0.05) is 15.9 Å². The number of piperidine rings is 1. The highest BCUT2D eigenvalue weighted by molar-refractivity contribution is 9.10. The van der Waals surface area contributed by atoms with E-state index in [2.05, 4.69) is 20.8 Å². The Balaban J connectivity index is 1.98. The SMILES string of the molecule is O=C(O)CC1CCCN(Cc2cc(Br)ccc2F)C1. The van der Waals surface area contributed by atoms with E-state index in [0.717, 1.165) is 30.4 Å². The van der Waals surface area contributed by atoms with Crippen molar-refractivity contribution in [3.63, 3.8) is 0 Å². The molecule has 19 heavy (non-hydrogen) atoms. The number of hydrogen-bond acceptors (Lipinski definition) is 2. The maximum atomic E-state index is 13.7. The fourth-order valence-electron chi connectivity index (χ4n) is 2.61.